The van der Waals surface area contributed by atoms with E-state index in [-0.39, 0.29) is 0 Å². The average Bonchev–Trinajstić information content (AvgIpc) is 3.20. The van der Waals surface area contributed by atoms with Crippen molar-refractivity contribution in [1.82, 2.24) is 15.1 Å². The summed E-state index contributed by atoms with van der Waals surface area (Å²) in [5.41, 5.74) is 2.37. The van der Waals surface area contributed by atoms with Gasteiger partial charge in [-0.2, -0.15) is 5.10 Å². The number of nitrogens with one attached hydrogen (secondary N) is 1. The third kappa shape index (κ3) is 2.80. The van der Waals surface area contributed by atoms with Gasteiger partial charge >= 0.3 is 0 Å². The van der Waals surface area contributed by atoms with Gasteiger partial charge in [-0.05, 0) is 25.8 Å². The lowest BCUT2D eigenvalue weighted by Gasteiger charge is -1.99. The van der Waals surface area contributed by atoms with Crippen molar-refractivity contribution >= 4 is 10.9 Å². The Balaban J connectivity index is 1.84. The molecule has 0 bridgehead atoms. The Kier molecular flexibility index (Phi) is 3.52. The molecule has 0 atom stereocenters. The molecule has 0 aliphatic heterocycles. The molecule has 19 heavy (non-hydrogen) atoms. The maximum absolute atomic E-state index is 4.75. The number of hydrogen-bond donors (Lipinski definition) is 1. The second-order valence-corrected chi connectivity index (χ2v) is 5.02. The van der Waals surface area contributed by atoms with Crippen molar-refractivity contribution in [3.05, 3.63) is 30.0 Å². The van der Waals surface area contributed by atoms with E-state index in [1.807, 2.05) is 6.92 Å². The number of fused-ring (bicyclic) bond motifs is 1. The first-order valence-corrected chi connectivity index (χ1v) is 6.96. The number of aryl methyl sites for hydroxylation is 1. The van der Waals surface area contributed by atoms with Crippen LogP contribution in [0.15, 0.2) is 24.3 Å². The molecule has 1 aliphatic rings. The van der Waals surface area contributed by atoms with Crippen LogP contribution in [0.1, 0.15) is 31.9 Å². The first-order valence-electron chi connectivity index (χ1n) is 6.96. The van der Waals surface area contributed by atoms with Gasteiger partial charge in [-0.3, -0.25) is 4.68 Å². The topological polar surface area (TPSA) is 29.9 Å². The van der Waals surface area contributed by atoms with Crippen LogP contribution >= 0.6 is 0 Å². The highest BCUT2D eigenvalue weighted by Gasteiger charge is 2.21. The second kappa shape index (κ2) is 5.46. The molecule has 3 rings (SSSR count). The van der Waals surface area contributed by atoms with E-state index in [1.165, 1.54) is 23.7 Å². The molecule has 0 saturated heterocycles. The number of rotatable bonds is 5. The van der Waals surface area contributed by atoms with E-state index in [0.717, 1.165) is 31.2 Å². The van der Waals surface area contributed by atoms with E-state index in [4.69, 9.17) is 5.10 Å². The lowest BCUT2D eigenvalue weighted by molar-refractivity contribution is 0.614. The van der Waals surface area contributed by atoms with E-state index in [0.29, 0.717) is 0 Å². The zero-order valence-corrected chi connectivity index (χ0v) is 11.3. The fraction of sp³-hybridized carbons (Fsp3) is 0.438. The lowest BCUT2D eigenvalue weighted by Crippen LogP contribution is -2.16. The molecule has 1 aromatic heterocycles. The Morgan fingerprint density at radius 3 is 3.00 bits per heavy atom. The summed E-state index contributed by atoms with van der Waals surface area (Å²) in [7, 11) is 0. The Bertz CT molecular complexity index is 626. The third-order valence-corrected chi connectivity index (χ3v) is 3.50. The average molecular weight is 253 g/mol. The highest BCUT2D eigenvalue weighted by molar-refractivity contribution is 5.81. The summed E-state index contributed by atoms with van der Waals surface area (Å²) in [6.07, 6.45) is 3.48. The summed E-state index contributed by atoms with van der Waals surface area (Å²) >= 11 is 0. The van der Waals surface area contributed by atoms with Crippen molar-refractivity contribution in [3.8, 4) is 11.8 Å². The fourth-order valence-electron chi connectivity index (χ4n) is 2.31. The minimum Gasteiger partial charge on any atom is -0.308 e. The summed E-state index contributed by atoms with van der Waals surface area (Å²) in [5.74, 6) is 6.04. The van der Waals surface area contributed by atoms with Crippen molar-refractivity contribution in [3.63, 3.8) is 0 Å². The van der Waals surface area contributed by atoms with Gasteiger partial charge in [0.25, 0.3) is 0 Å². The number of benzene rings is 1. The molecule has 1 N–H and O–H groups in total. The van der Waals surface area contributed by atoms with E-state index in [2.05, 4.69) is 46.1 Å². The van der Waals surface area contributed by atoms with Crippen LogP contribution in [0.2, 0.25) is 0 Å². The molecule has 3 nitrogen and oxygen atoms in total. The summed E-state index contributed by atoms with van der Waals surface area (Å²) in [4.78, 5) is 0. The normalized spacial score (nSPS) is 14.4. The van der Waals surface area contributed by atoms with E-state index < -0.39 is 0 Å². The van der Waals surface area contributed by atoms with Crippen LogP contribution in [-0.4, -0.2) is 15.8 Å². The summed E-state index contributed by atoms with van der Waals surface area (Å²) < 4.78 is 2.09. The van der Waals surface area contributed by atoms with Crippen molar-refractivity contribution in [2.45, 2.75) is 45.3 Å². The summed E-state index contributed by atoms with van der Waals surface area (Å²) in [6.45, 7) is 3.62. The largest absolute Gasteiger partial charge is 0.308 e. The molecule has 1 saturated carbocycles. The molecule has 1 aliphatic carbocycles. The van der Waals surface area contributed by atoms with Crippen LogP contribution in [0.4, 0.5) is 0 Å². The van der Waals surface area contributed by atoms with Crippen molar-refractivity contribution in [2.24, 2.45) is 0 Å². The SMILES string of the molecule is CC#CCCn1nc(CNC2CC2)c2ccccc21. The van der Waals surface area contributed by atoms with E-state index in [1.54, 1.807) is 0 Å². The number of aromatic nitrogens is 2. The predicted octanol–water partition coefficient (Wildman–Crippen LogP) is 2.70. The maximum atomic E-state index is 4.75. The molecule has 98 valence electrons. The first kappa shape index (κ1) is 12.3. The highest BCUT2D eigenvalue weighted by atomic mass is 15.3. The molecular weight excluding hydrogens is 234 g/mol. The second-order valence-electron chi connectivity index (χ2n) is 5.02. The molecule has 3 heteroatoms. The quantitative estimate of drug-likeness (QED) is 0.830. The zero-order valence-electron chi connectivity index (χ0n) is 11.3. The minimum atomic E-state index is 0.717. The van der Waals surface area contributed by atoms with Crippen LogP contribution in [0.25, 0.3) is 10.9 Å². The molecule has 0 unspecified atom stereocenters. The van der Waals surface area contributed by atoms with Crippen LogP contribution < -0.4 is 5.32 Å². The van der Waals surface area contributed by atoms with Gasteiger partial charge in [-0.25, -0.2) is 0 Å². The third-order valence-electron chi connectivity index (χ3n) is 3.50. The molecular formula is C16H19N3. The van der Waals surface area contributed by atoms with Gasteiger partial charge in [0.1, 0.15) is 0 Å². The van der Waals surface area contributed by atoms with Gasteiger partial charge in [0, 0.05) is 24.4 Å². The van der Waals surface area contributed by atoms with Crippen molar-refractivity contribution in [2.75, 3.05) is 0 Å². The summed E-state index contributed by atoms with van der Waals surface area (Å²) in [5, 5.41) is 9.55. The van der Waals surface area contributed by atoms with E-state index in [9.17, 15) is 0 Å². The molecule has 1 heterocycles. The van der Waals surface area contributed by atoms with Crippen molar-refractivity contribution < 1.29 is 0 Å². The van der Waals surface area contributed by atoms with Gasteiger partial charge in [0.05, 0.1) is 17.8 Å². The van der Waals surface area contributed by atoms with Crippen LogP contribution in [0.3, 0.4) is 0 Å². The van der Waals surface area contributed by atoms with Gasteiger partial charge in [0.15, 0.2) is 0 Å². The predicted molar refractivity (Wildman–Crippen MR) is 77.7 cm³/mol. The van der Waals surface area contributed by atoms with Gasteiger partial charge in [-0.15, -0.1) is 11.8 Å². The standard InChI is InChI=1S/C16H19N3/c1-2-3-6-11-19-16-8-5-4-7-14(16)15(18-19)12-17-13-9-10-13/h4-5,7-8,13,17H,6,9-12H2,1H3. The molecule has 0 amide bonds. The highest BCUT2D eigenvalue weighted by Crippen LogP contribution is 2.22. The summed E-state index contributed by atoms with van der Waals surface area (Å²) in [6, 6.07) is 9.18. The zero-order chi connectivity index (χ0) is 13.1. The minimum absolute atomic E-state index is 0.717. The Morgan fingerprint density at radius 2 is 2.21 bits per heavy atom. The van der Waals surface area contributed by atoms with Crippen molar-refractivity contribution in [1.29, 1.82) is 0 Å². The Hall–Kier alpha value is -1.79. The Morgan fingerprint density at radius 1 is 1.37 bits per heavy atom. The number of nitrogens with zero attached hydrogens (tertiary/aromatic N) is 2. The molecule has 2 aromatic rings. The van der Waals surface area contributed by atoms with Crippen LogP contribution in [-0.2, 0) is 13.1 Å². The van der Waals surface area contributed by atoms with Crippen LogP contribution in [0, 0.1) is 11.8 Å². The van der Waals surface area contributed by atoms with Gasteiger partial charge < -0.3 is 5.32 Å². The molecule has 0 radical (unpaired) electrons. The monoisotopic (exact) mass is 253 g/mol. The number of para-hydroxylation sites is 1. The molecule has 0 spiro atoms. The lowest BCUT2D eigenvalue weighted by atomic mass is 10.2. The number of hydrogen-bond acceptors (Lipinski definition) is 2. The maximum Gasteiger partial charge on any atom is 0.0841 e. The van der Waals surface area contributed by atoms with E-state index >= 15 is 0 Å². The first-order chi connectivity index (χ1) is 9.38. The van der Waals surface area contributed by atoms with Gasteiger partial charge in [0.2, 0.25) is 0 Å². The van der Waals surface area contributed by atoms with Gasteiger partial charge in [-0.1, -0.05) is 18.2 Å². The smallest absolute Gasteiger partial charge is 0.0841 e. The molecule has 1 fully saturated rings. The van der Waals surface area contributed by atoms with Crippen LogP contribution in [0.5, 0.6) is 0 Å². The Labute approximate surface area is 114 Å². The fourth-order valence-corrected chi connectivity index (χ4v) is 2.31. The molecule has 1 aromatic carbocycles.